The van der Waals surface area contributed by atoms with Gasteiger partial charge in [-0.05, 0) is 35.1 Å². The monoisotopic (exact) mass is 254 g/mol. The summed E-state index contributed by atoms with van der Waals surface area (Å²) in [6.07, 6.45) is 2.08. The first-order valence-electron chi connectivity index (χ1n) is 6.92. The van der Waals surface area contributed by atoms with Gasteiger partial charge >= 0.3 is 0 Å². The smallest absolute Gasteiger partial charge is 0.0712 e. The van der Waals surface area contributed by atoms with Crippen LogP contribution >= 0.6 is 0 Å². The lowest BCUT2D eigenvalue weighted by Gasteiger charge is -2.20. The zero-order valence-corrected chi connectivity index (χ0v) is 11.7. The largest absolute Gasteiger partial charge is 0.271 e. The topological polar surface area (TPSA) is 38.0 Å². The Morgan fingerprint density at radius 2 is 1.63 bits per heavy atom. The molecular formula is C17H22N2. The van der Waals surface area contributed by atoms with E-state index in [1.807, 2.05) is 0 Å². The van der Waals surface area contributed by atoms with Gasteiger partial charge in [-0.2, -0.15) is 0 Å². The number of aryl methyl sites for hydroxylation is 2. The third-order valence-electron chi connectivity index (χ3n) is 3.63. The first kappa shape index (κ1) is 13.8. The zero-order valence-electron chi connectivity index (χ0n) is 11.7. The van der Waals surface area contributed by atoms with Crippen LogP contribution in [0.2, 0.25) is 0 Å². The highest BCUT2D eigenvalue weighted by atomic mass is 15.2. The molecular weight excluding hydrogens is 232 g/mol. The van der Waals surface area contributed by atoms with Gasteiger partial charge in [-0.1, -0.05) is 62.4 Å². The molecule has 2 aromatic carbocycles. The van der Waals surface area contributed by atoms with E-state index in [0.29, 0.717) is 0 Å². The Kier molecular flexibility index (Phi) is 4.72. The van der Waals surface area contributed by atoms with Crippen LogP contribution in [0.1, 0.15) is 42.1 Å². The number of rotatable bonds is 5. The first-order valence-corrected chi connectivity index (χ1v) is 6.92. The average Bonchev–Trinajstić information content (AvgIpc) is 2.49. The highest BCUT2D eigenvalue weighted by molar-refractivity contribution is 5.38. The highest BCUT2D eigenvalue weighted by Crippen LogP contribution is 2.25. The zero-order chi connectivity index (χ0) is 13.7. The summed E-state index contributed by atoms with van der Waals surface area (Å²) in [4.78, 5) is 0. The molecule has 1 unspecified atom stereocenters. The summed E-state index contributed by atoms with van der Waals surface area (Å²) in [7, 11) is 0. The Balaban J connectivity index is 2.37. The molecule has 0 bridgehead atoms. The molecule has 19 heavy (non-hydrogen) atoms. The Hall–Kier alpha value is -1.64. The van der Waals surface area contributed by atoms with Gasteiger partial charge in [0.1, 0.15) is 0 Å². The summed E-state index contributed by atoms with van der Waals surface area (Å²) in [6, 6.07) is 17.2. The van der Waals surface area contributed by atoms with Crippen molar-refractivity contribution in [3.05, 3.63) is 70.8 Å². The van der Waals surface area contributed by atoms with Crippen LogP contribution < -0.4 is 11.3 Å². The van der Waals surface area contributed by atoms with Gasteiger partial charge < -0.3 is 0 Å². The van der Waals surface area contributed by atoms with Crippen molar-refractivity contribution >= 4 is 0 Å². The number of nitrogens with one attached hydrogen (secondary N) is 1. The SMILES string of the molecule is CCc1ccc(C(NN)c2ccccc2CC)cc1. The molecule has 2 rings (SSSR count). The van der Waals surface area contributed by atoms with E-state index in [-0.39, 0.29) is 6.04 Å². The lowest BCUT2D eigenvalue weighted by atomic mass is 9.93. The minimum atomic E-state index is 0.0575. The molecule has 0 heterocycles. The Morgan fingerprint density at radius 1 is 0.947 bits per heavy atom. The fourth-order valence-electron chi connectivity index (χ4n) is 2.45. The van der Waals surface area contributed by atoms with Crippen LogP contribution in [0.15, 0.2) is 48.5 Å². The third-order valence-corrected chi connectivity index (χ3v) is 3.63. The molecule has 2 aromatic rings. The van der Waals surface area contributed by atoms with E-state index in [0.717, 1.165) is 12.8 Å². The second kappa shape index (κ2) is 6.50. The molecule has 0 radical (unpaired) electrons. The summed E-state index contributed by atoms with van der Waals surface area (Å²) in [6.45, 7) is 4.34. The Labute approximate surface area is 115 Å². The molecule has 2 nitrogen and oxygen atoms in total. The number of hydrazine groups is 1. The normalized spacial score (nSPS) is 12.4. The minimum absolute atomic E-state index is 0.0575. The van der Waals surface area contributed by atoms with Crippen LogP contribution in [-0.4, -0.2) is 0 Å². The number of nitrogens with two attached hydrogens (primary N) is 1. The molecule has 0 aromatic heterocycles. The van der Waals surface area contributed by atoms with Crippen molar-refractivity contribution in [1.82, 2.24) is 5.43 Å². The van der Waals surface area contributed by atoms with Crippen LogP contribution in [0.4, 0.5) is 0 Å². The number of hydrogen-bond acceptors (Lipinski definition) is 2. The van der Waals surface area contributed by atoms with Gasteiger partial charge in [0.05, 0.1) is 6.04 Å². The summed E-state index contributed by atoms with van der Waals surface area (Å²) in [5.41, 5.74) is 8.10. The standard InChI is InChI=1S/C17H22N2/c1-3-13-9-11-15(12-10-13)17(19-18)16-8-6-5-7-14(16)4-2/h5-12,17,19H,3-4,18H2,1-2H3. The molecule has 0 aliphatic carbocycles. The third kappa shape index (κ3) is 3.03. The van der Waals surface area contributed by atoms with E-state index in [4.69, 9.17) is 5.84 Å². The molecule has 0 spiro atoms. The molecule has 0 aliphatic heterocycles. The van der Waals surface area contributed by atoms with Crippen molar-refractivity contribution in [2.24, 2.45) is 5.84 Å². The van der Waals surface area contributed by atoms with E-state index < -0.39 is 0 Å². The van der Waals surface area contributed by atoms with Gasteiger partial charge in [0.25, 0.3) is 0 Å². The number of hydrogen-bond donors (Lipinski definition) is 2. The summed E-state index contributed by atoms with van der Waals surface area (Å²) in [5, 5.41) is 0. The van der Waals surface area contributed by atoms with Crippen LogP contribution in [-0.2, 0) is 12.8 Å². The fourth-order valence-corrected chi connectivity index (χ4v) is 2.45. The average molecular weight is 254 g/mol. The molecule has 0 saturated heterocycles. The lowest BCUT2D eigenvalue weighted by Crippen LogP contribution is -2.29. The lowest BCUT2D eigenvalue weighted by molar-refractivity contribution is 0.631. The second-order valence-electron chi connectivity index (χ2n) is 4.75. The maximum atomic E-state index is 5.78. The van der Waals surface area contributed by atoms with Crippen LogP contribution in [0.3, 0.4) is 0 Å². The predicted molar refractivity (Wildman–Crippen MR) is 80.8 cm³/mol. The fraction of sp³-hybridized carbons (Fsp3) is 0.294. The van der Waals surface area contributed by atoms with Crippen LogP contribution in [0.25, 0.3) is 0 Å². The highest BCUT2D eigenvalue weighted by Gasteiger charge is 2.14. The molecule has 0 aliphatic rings. The molecule has 3 N–H and O–H groups in total. The van der Waals surface area contributed by atoms with Crippen molar-refractivity contribution in [3.63, 3.8) is 0 Å². The number of benzene rings is 2. The van der Waals surface area contributed by atoms with Crippen molar-refractivity contribution < 1.29 is 0 Å². The molecule has 1 atom stereocenters. The summed E-state index contributed by atoms with van der Waals surface area (Å²) >= 11 is 0. The van der Waals surface area contributed by atoms with Crippen molar-refractivity contribution in [1.29, 1.82) is 0 Å². The van der Waals surface area contributed by atoms with Crippen molar-refractivity contribution in [2.75, 3.05) is 0 Å². The Morgan fingerprint density at radius 3 is 2.21 bits per heavy atom. The van der Waals surface area contributed by atoms with Gasteiger partial charge in [-0.25, -0.2) is 5.43 Å². The second-order valence-corrected chi connectivity index (χ2v) is 4.75. The van der Waals surface area contributed by atoms with Crippen molar-refractivity contribution in [3.8, 4) is 0 Å². The van der Waals surface area contributed by atoms with E-state index >= 15 is 0 Å². The maximum Gasteiger partial charge on any atom is 0.0712 e. The van der Waals surface area contributed by atoms with E-state index in [1.165, 1.54) is 22.3 Å². The minimum Gasteiger partial charge on any atom is -0.271 e. The van der Waals surface area contributed by atoms with Gasteiger partial charge in [0.15, 0.2) is 0 Å². The molecule has 0 fully saturated rings. The van der Waals surface area contributed by atoms with Gasteiger partial charge in [-0.15, -0.1) is 0 Å². The predicted octanol–water partition coefficient (Wildman–Crippen LogP) is 3.36. The maximum absolute atomic E-state index is 5.78. The van der Waals surface area contributed by atoms with Crippen molar-refractivity contribution in [2.45, 2.75) is 32.7 Å². The quantitative estimate of drug-likeness (QED) is 0.634. The molecule has 0 saturated carbocycles. The molecule has 100 valence electrons. The molecule has 0 amide bonds. The van der Waals surface area contributed by atoms with E-state index in [2.05, 4.69) is 67.8 Å². The van der Waals surface area contributed by atoms with Gasteiger partial charge in [0, 0.05) is 0 Å². The first-order chi connectivity index (χ1) is 9.30. The summed E-state index contributed by atoms with van der Waals surface area (Å²) < 4.78 is 0. The summed E-state index contributed by atoms with van der Waals surface area (Å²) in [5.74, 6) is 5.78. The van der Waals surface area contributed by atoms with Gasteiger partial charge in [0.2, 0.25) is 0 Å². The van der Waals surface area contributed by atoms with E-state index in [1.54, 1.807) is 0 Å². The van der Waals surface area contributed by atoms with Crippen LogP contribution in [0.5, 0.6) is 0 Å². The molecule has 2 heteroatoms. The van der Waals surface area contributed by atoms with E-state index in [9.17, 15) is 0 Å². The van der Waals surface area contributed by atoms with Crippen LogP contribution in [0, 0.1) is 0 Å². The van der Waals surface area contributed by atoms with Gasteiger partial charge in [-0.3, -0.25) is 5.84 Å². The Bertz CT molecular complexity index is 517.